The van der Waals surface area contributed by atoms with Gasteiger partial charge in [0.25, 0.3) is 10.0 Å². The molecular formula is C15H18N2O5S2. The average molecular weight is 370 g/mol. The fourth-order valence-electron chi connectivity index (χ4n) is 1.99. The molecular weight excluding hydrogens is 352 g/mol. The molecule has 1 heterocycles. The van der Waals surface area contributed by atoms with Crippen molar-refractivity contribution < 1.29 is 22.7 Å². The number of thiazole rings is 1. The quantitative estimate of drug-likeness (QED) is 0.786. The third kappa shape index (κ3) is 3.85. The summed E-state index contributed by atoms with van der Waals surface area (Å²) in [5, 5.41) is 0.0964. The predicted octanol–water partition coefficient (Wildman–Crippen LogP) is 2.75. The van der Waals surface area contributed by atoms with Crippen LogP contribution < -0.4 is 9.46 Å². The van der Waals surface area contributed by atoms with Crippen molar-refractivity contribution in [2.24, 2.45) is 0 Å². The van der Waals surface area contributed by atoms with Gasteiger partial charge in [-0.15, -0.1) is 0 Å². The third-order valence-corrected chi connectivity index (χ3v) is 5.63. The lowest BCUT2D eigenvalue weighted by Gasteiger charge is -2.10. The SMILES string of the molecule is CCOC(=O)c1sc(NS(=O)(=O)c2cc(C)ccc2OC)nc1C. The summed E-state index contributed by atoms with van der Waals surface area (Å²) in [6.45, 7) is 5.33. The van der Waals surface area contributed by atoms with Crippen molar-refractivity contribution in [3.8, 4) is 5.75 Å². The summed E-state index contributed by atoms with van der Waals surface area (Å²) in [6, 6.07) is 4.85. The highest BCUT2D eigenvalue weighted by Crippen LogP contribution is 2.29. The van der Waals surface area contributed by atoms with Crippen LogP contribution in [0.25, 0.3) is 0 Å². The van der Waals surface area contributed by atoms with Gasteiger partial charge in [0.05, 0.1) is 19.4 Å². The molecule has 0 spiro atoms. The predicted molar refractivity (Wildman–Crippen MR) is 91.3 cm³/mol. The standard InChI is InChI=1S/C15H18N2O5S2/c1-5-22-14(18)13-10(3)16-15(23-13)17-24(19,20)12-8-9(2)6-7-11(12)21-4/h6-8H,5H2,1-4H3,(H,16,17). The highest BCUT2D eigenvalue weighted by Gasteiger charge is 2.23. The Bertz CT molecular complexity index is 859. The van der Waals surface area contributed by atoms with Crippen molar-refractivity contribution in [3.05, 3.63) is 34.3 Å². The summed E-state index contributed by atoms with van der Waals surface area (Å²) < 4.78 is 37.6. The number of nitrogens with zero attached hydrogens (tertiary/aromatic N) is 1. The molecule has 0 bridgehead atoms. The molecule has 0 fully saturated rings. The first-order valence-electron chi connectivity index (χ1n) is 7.10. The molecule has 0 saturated carbocycles. The van der Waals surface area contributed by atoms with Crippen LogP contribution in [0.2, 0.25) is 0 Å². The van der Waals surface area contributed by atoms with Gasteiger partial charge in [0, 0.05) is 0 Å². The minimum atomic E-state index is -3.90. The molecule has 0 aliphatic carbocycles. The summed E-state index contributed by atoms with van der Waals surface area (Å²) >= 11 is 0.930. The number of benzene rings is 1. The zero-order valence-electron chi connectivity index (χ0n) is 13.7. The molecule has 0 saturated heterocycles. The maximum atomic E-state index is 12.6. The second kappa shape index (κ2) is 7.18. The van der Waals surface area contributed by atoms with Crippen LogP contribution in [0.4, 0.5) is 5.13 Å². The van der Waals surface area contributed by atoms with Crippen molar-refractivity contribution in [3.63, 3.8) is 0 Å². The monoisotopic (exact) mass is 370 g/mol. The summed E-state index contributed by atoms with van der Waals surface area (Å²) in [6.07, 6.45) is 0. The van der Waals surface area contributed by atoms with E-state index in [4.69, 9.17) is 9.47 Å². The molecule has 1 aromatic heterocycles. The zero-order chi connectivity index (χ0) is 17.9. The molecule has 9 heteroatoms. The van der Waals surface area contributed by atoms with E-state index in [1.165, 1.54) is 13.2 Å². The van der Waals surface area contributed by atoms with Gasteiger partial charge >= 0.3 is 5.97 Å². The number of sulfonamides is 1. The zero-order valence-corrected chi connectivity index (χ0v) is 15.4. The number of carbonyl (C=O) groups excluding carboxylic acids is 1. The van der Waals surface area contributed by atoms with E-state index in [2.05, 4.69) is 9.71 Å². The highest BCUT2D eigenvalue weighted by molar-refractivity contribution is 7.93. The molecule has 0 aliphatic rings. The van der Waals surface area contributed by atoms with Crippen LogP contribution in [-0.2, 0) is 14.8 Å². The van der Waals surface area contributed by atoms with Gasteiger partial charge in [-0.3, -0.25) is 4.72 Å². The average Bonchev–Trinajstić information content (AvgIpc) is 2.87. The van der Waals surface area contributed by atoms with Gasteiger partial charge in [-0.25, -0.2) is 18.2 Å². The first kappa shape index (κ1) is 18.2. The number of nitrogens with one attached hydrogen (secondary N) is 1. The molecule has 2 rings (SSSR count). The van der Waals surface area contributed by atoms with Crippen LogP contribution in [-0.4, -0.2) is 33.1 Å². The number of hydrogen-bond acceptors (Lipinski definition) is 7. The molecule has 0 radical (unpaired) electrons. The fourth-order valence-corrected chi connectivity index (χ4v) is 4.34. The number of anilines is 1. The first-order valence-corrected chi connectivity index (χ1v) is 9.40. The minimum absolute atomic E-state index is 0.00976. The molecule has 130 valence electrons. The normalized spacial score (nSPS) is 11.2. The highest BCUT2D eigenvalue weighted by atomic mass is 32.2. The van der Waals surface area contributed by atoms with Gasteiger partial charge in [-0.05, 0) is 38.5 Å². The maximum Gasteiger partial charge on any atom is 0.350 e. The summed E-state index contributed by atoms with van der Waals surface area (Å²) in [7, 11) is -2.50. The maximum absolute atomic E-state index is 12.6. The second-order valence-electron chi connectivity index (χ2n) is 4.91. The number of aromatic nitrogens is 1. The number of aryl methyl sites for hydroxylation is 2. The Balaban J connectivity index is 2.35. The van der Waals surface area contributed by atoms with Crippen molar-refractivity contribution in [2.45, 2.75) is 25.7 Å². The summed E-state index contributed by atoms with van der Waals surface area (Å²) in [5.74, 6) is -0.293. The van der Waals surface area contributed by atoms with Crippen LogP contribution in [0, 0.1) is 13.8 Å². The third-order valence-electron chi connectivity index (χ3n) is 3.09. The molecule has 0 aliphatic heterocycles. The Hall–Kier alpha value is -2.13. The molecule has 0 unspecified atom stereocenters. The van der Waals surface area contributed by atoms with Gasteiger partial charge in [-0.2, -0.15) is 0 Å². The molecule has 0 atom stereocenters. The van der Waals surface area contributed by atoms with Gasteiger partial charge in [0.1, 0.15) is 15.5 Å². The van der Waals surface area contributed by atoms with Crippen molar-refractivity contribution in [1.29, 1.82) is 0 Å². The van der Waals surface area contributed by atoms with E-state index in [0.29, 0.717) is 5.69 Å². The molecule has 1 N–H and O–H groups in total. The number of ether oxygens (including phenoxy) is 2. The molecule has 24 heavy (non-hydrogen) atoms. The van der Waals surface area contributed by atoms with Gasteiger partial charge in [0.2, 0.25) is 0 Å². The van der Waals surface area contributed by atoms with E-state index in [1.54, 1.807) is 32.9 Å². The second-order valence-corrected chi connectivity index (χ2v) is 7.56. The van der Waals surface area contributed by atoms with Crippen LogP contribution in [0.1, 0.15) is 27.9 Å². The number of hydrogen-bond donors (Lipinski definition) is 1. The van der Waals surface area contributed by atoms with Gasteiger partial charge < -0.3 is 9.47 Å². The van der Waals surface area contributed by atoms with E-state index >= 15 is 0 Å². The van der Waals surface area contributed by atoms with E-state index in [-0.39, 0.29) is 27.3 Å². The van der Waals surface area contributed by atoms with Crippen molar-refractivity contribution in [2.75, 3.05) is 18.4 Å². The smallest absolute Gasteiger partial charge is 0.350 e. The van der Waals surface area contributed by atoms with Gasteiger partial charge in [0.15, 0.2) is 5.13 Å². The van der Waals surface area contributed by atoms with Crippen LogP contribution in [0.15, 0.2) is 23.1 Å². The minimum Gasteiger partial charge on any atom is -0.495 e. The van der Waals surface area contributed by atoms with E-state index in [1.807, 2.05) is 0 Å². The molecule has 7 nitrogen and oxygen atoms in total. The Morgan fingerprint density at radius 1 is 1.33 bits per heavy atom. The largest absolute Gasteiger partial charge is 0.495 e. The number of carbonyl (C=O) groups is 1. The van der Waals surface area contributed by atoms with E-state index in [9.17, 15) is 13.2 Å². The number of rotatable bonds is 6. The lowest BCUT2D eigenvalue weighted by molar-refractivity contribution is 0.0531. The van der Waals surface area contributed by atoms with Crippen LogP contribution in [0.5, 0.6) is 5.75 Å². The van der Waals surface area contributed by atoms with Crippen LogP contribution in [0.3, 0.4) is 0 Å². The summed E-state index contributed by atoms with van der Waals surface area (Å²) in [5.41, 5.74) is 1.19. The molecule has 2 aromatic rings. The Labute approximate surface area is 144 Å². The van der Waals surface area contributed by atoms with Crippen molar-refractivity contribution >= 4 is 32.5 Å². The lowest BCUT2D eigenvalue weighted by atomic mass is 10.2. The van der Waals surface area contributed by atoms with Crippen LogP contribution >= 0.6 is 11.3 Å². The number of methoxy groups -OCH3 is 1. The fraction of sp³-hybridized carbons (Fsp3) is 0.333. The Morgan fingerprint density at radius 2 is 2.04 bits per heavy atom. The first-order chi connectivity index (χ1) is 11.3. The number of esters is 1. The Morgan fingerprint density at radius 3 is 2.67 bits per heavy atom. The molecule has 0 amide bonds. The molecule has 1 aromatic carbocycles. The summed E-state index contributed by atoms with van der Waals surface area (Å²) in [4.78, 5) is 16.2. The van der Waals surface area contributed by atoms with Gasteiger partial charge in [-0.1, -0.05) is 17.4 Å². The van der Waals surface area contributed by atoms with Crippen molar-refractivity contribution in [1.82, 2.24) is 4.98 Å². The van der Waals surface area contributed by atoms with E-state index in [0.717, 1.165) is 16.9 Å². The topological polar surface area (TPSA) is 94.6 Å². The Kier molecular flexibility index (Phi) is 5.45. The van der Waals surface area contributed by atoms with E-state index < -0.39 is 16.0 Å². The lowest BCUT2D eigenvalue weighted by Crippen LogP contribution is -2.14.